The van der Waals surface area contributed by atoms with E-state index in [0.717, 1.165) is 12.8 Å². The van der Waals surface area contributed by atoms with Crippen LogP contribution < -0.4 is 16.4 Å². The molecule has 3 aromatic rings. The zero-order valence-electron chi connectivity index (χ0n) is 18.3. The molecule has 1 aliphatic rings. The first-order valence-electron chi connectivity index (χ1n) is 10.7. The highest BCUT2D eigenvalue weighted by molar-refractivity contribution is 6.39. The number of hydrogen-bond acceptors (Lipinski definition) is 7. The van der Waals surface area contributed by atoms with Crippen molar-refractivity contribution in [1.82, 2.24) is 19.5 Å². The minimum atomic E-state index is -0.260. The molecule has 1 saturated carbocycles. The van der Waals surface area contributed by atoms with Crippen LogP contribution in [0.1, 0.15) is 51.1 Å². The molecule has 0 atom stereocenters. The van der Waals surface area contributed by atoms with Gasteiger partial charge in [0.15, 0.2) is 5.65 Å². The van der Waals surface area contributed by atoms with Crippen molar-refractivity contribution in [2.75, 3.05) is 10.6 Å². The lowest BCUT2D eigenvalue weighted by Crippen LogP contribution is -2.28. The standard InChI is InChI=1S/C22H24Cl2N8O/c1-11(2)28-21-27-10-17-20(31-21)32(14-5-3-13(4-6-14)19(26)33)22(29-17)30-18-15(23)7-12(9-25)8-16(18)24/h7-8,10-11,13-14H,3-6H2,1-2H3,(H2,26,33)(H,29,30)(H,27,28,31)/t13-,14-. The number of fused-ring (bicyclic) bond motifs is 1. The first-order valence-corrected chi connectivity index (χ1v) is 11.5. The number of carbonyl (C=O) groups excluding carboxylic acids is 1. The lowest BCUT2D eigenvalue weighted by Gasteiger charge is -2.29. The fourth-order valence-corrected chi connectivity index (χ4v) is 4.72. The van der Waals surface area contributed by atoms with E-state index in [-0.39, 0.29) is 23.9 Å². The number of amides is 1. The number of nitrogens with zero attached hydrogens (tertiary/aromatic N) is 5. The molecule has 0 bridgehead atoms. The number of rotatable bonds is 6. The van der Waals surface area contributed by atoms with Crippen molar-refractivity contribution in [2.24, 2.45) is 11.7 Å². The van der Waals surface area contributed by atoms with Gasteiger partial charge in [0.2, 0.25) is 17.8 Å². The molecule has 172 valence electrons. The van der Waals surface area contributed by atoms with E-state index in [1.807, 2.05) is 24.5 Å². The number of anilines is 3. The second-order valence-electron chi connectivity index (χ2n) is 8.47. The van der Waals surface area contributed by atoms with Crippen LogP contribution in [0.2, 0.25) is 10.0 Å². The molecule has 0 aliphatic heterocycles. The first-order chi connectivity index (χ1) is 15.8. The first kappa shape index (κ1) is 23.1. The van der Waals surface area contributed by atoms with Gasteiger partial charge >= 0.3 is 0 Å². The zero-order valence-corrected chi connectivity index (χ0v) is 19.8. The monoisotopic (exact) mass is 486 g/mol. The number of hydrogen-bond donors (Lipinski definition) is 3. The molecule has 4 rings (SSSR count). The van der Waals surface area contributed by atoms with Crippen LogP contribution in [-0.4, -0.2) is 31.5 Å². The molecule has 2 aromatic heterocycles. The van der Waals surface area contributed by atoms with E-state index in [2.05, 4.69) is 15.6 Å². The number of halogens is 2. The Morgan fingerprint density at radius 2 is 1.88 bits per heavy atom. The highest BCUT2D eigenvalue weighted by Gasteiger charge is 2.29. The molecule has 0 saturated heterocycles. The average Bonchev–Trinajstić information content (AvgIpc) is 3.13. The van der Waals surface area contributed by atoms with E-state index < -0.39 is 0 Å². The summed E-state index contributed by atoms with van der Waals surface area (Å²) in [6, 6.07) is 5.35. The summed E-state index contributed by atoms with van der Waals surface area (Å²) in [5, 5.41) is 16.2. The topological polar surface area (TPSA) is 135 Å². The van der Waals surface area contributed by atoms with Gasteiger partial charge in [-0.25, -0.2) is 9.97 Å². The summed E-state index contributed by atoms with van der Waals surface area (Å²) >= 11 is 12.8. The lowest BCUT2D eigenvalue weighted by molar-refractivity contribution is -0.122. The predicted molar refractivity (Wildman–Crippen MR) is 129 cm³/mol. The largest absolute Gasteiger partial charge is 0.369 e. The molecule has 9 nitrogen and oxygen atoms in total. The van der Waals surface area contributed by atoms with Gasteiger partial charge in [-0.15, -0.1) is 0 Å². The highest BCUT2D eigenvalue weighted by atomic mass is 35.5. The second kappa shape index (κ2) is 9.41. The fraction of sp³-hybridized carbons (Fsp3) is 0.409. The van der Waals surface area contributed by atoms with Crippen LogP contribution in [-0.2, 0) is 4.79 Å². The number of nitrogens with one attached hydrogen (secondary N) is 2. The van der Waals surface area contributed by atoms with Crippen LogP contribution in [0.4, 0.5) is 17.6 Å². The Labute approximate surface area is 201 Å². The number of nitrogens with two attached hydrogens (primary N) is 1. The Bertz CT molecular complexity index is 1220. The maximum atomic E-state index is 11.7. The molecule has 0 unspecified atom stereocenters. The van der Waals surface area contributed by atoms with E-state index in [1.54, 1.807) is 18.3 Å². The summed E-state index contributed by atoms with van der Waals surface area (Å²) in [7, 11) is 0. The van der Waals surface area contributed by atoms with E-state index in [4.69, 9.17) is 44.2 Å². The Morgan fingerprint density at radius 3 is 2.45 bits per heavy atom. The van der Waals surface area contributed by atoms with Gasteiger partial charge in [-0.3, -0.25) is 9.36 Å². The molecule has 1 amide bonds. The van der Waals surface area contributed by atoms with Gasteiger partial charge in [0.25, 0.3) is 0 Å². The smallest absolute Gasteiger partial charge is 0.224 e. The number of aromatic nitrogens is 4. The molecule has 0 spiro atoms. The minimum absolute atomic E-state index is 0.0471. The Balaban J connectivity index is 1.78. The van der Waals surface area contributed by atoms with Gasteiger partial charge in [-0.1, -0.05) is 23.2 Å². The summed E-state index contributed by atoms with van der Waals surface area (Å²) in [5.41, 5.74) is 7.62. The second-order valence-corrected chi connectivity index (χ2v) is 9.28. The molecule has 4 N–H and O–H groups in total. The summed E-state index contributed by atoms with van der Waals surface area (Å²) < 4.78 is 2.02. The van der Waals surface area contributed by atoms with Crippen molar-refractivity contribution in [3.8, 4) is 6.07 Å². The third kappa shape index (κ3) is 4.82. The number of carbonyl (C=O) groups is 1. The van der Waals surface area contributed by atoms with Crippen molar-refractivity contribution >= 4 is 57.9 Å². The van der Waals surface area contributed by atoms with Crippen LogP contribution in [0.25, 0.3) is 11.2 Å². The summed E-state index contributed by atoms with van der Waals surface area (Å²) in [6.45, 7) is 4.02. The Hall–Kier alpha value is -3.09. The highest BCUT2D eigenvalue weighted by Crippen LogP contribution is 2.39. The Morgan fingerprint density at radius 1 is 1.21 bits per heavy atom. The summed E-state index contributed by atoms with van der Waals surface area (Å²) in [5.74, 6) is 0.634. The van der Waals surface area contributed by atoms with E-state index >= 15 is 0 Å². The molecular formula is C22H24Cl2N8O. The third-order valence-corrected chi connectivity index (χ3v) is 6.32. The minimum Gasteiger partial charge on any atom is -0.369 e. The van der Waals surface area contributed by atoms with Gasteiger partial charge in [-0.05, 0) is 51.7 Å². The van der Waals surface area contributed by atoms with Gasteiger partial charge in [0, 0.05) is 18.0 Å². The van der Waals surface area contributed by atoms with Gasteiger partial charge in [0.05, 0.1) is 33.6 Å². The molecule has 1 aromatic carbocycles. The quantitative estimate of drug-likeness (QED) is 0.455. The van der Waals surface area contributed by atoms with E-state index in [9.17, 15) is 4.79 Å². The maximum Gasteiger partial charge on any atom is 0.224 e. The molecule has 1 aliphatic carbocycles. The molecule has 0 radical (unpaired) electrons. The summed E-state index contributed by atoms with van der Waals surface area (Å²) in [6.07, 6.45) is 4.56. The van der Waals surface area contributed by atoms with Crippen LogP contribution in [0.5, 0.6) is 0 Å². The van der Waals surface area contributed by atoms with Crippen molar-refractivity contribution in [3.63, 3.8) is 0 Å². The zero-order chi connectivity index (χ0) is 23.7. The van der Waals surface area contributed by atoms with Crippen LogP contribution in [0.3, 0.4) is 0 Å². The summed E-state index contributed by atoms with van der Waals surface area (Å²) in [4.78, 5) is 25.4. The van der Waals surface area contributed by atoms with Gasteiger partial charge in [0.1, 0.15) is 5.52 Å². The SMILES string of the molecule is CC(C)Nc1ncc2nc(Nc3c(Cl)cc(C#N)cc3Cl)n([C@H]3CC[C@H](C(N)=O)CC3)c2n1. The molecule has 11 heteroatoms. The molecule has 2 heterocycles. The molecular weight excluding hydrogens is 463 g/mol. The number of nitriles is 1. The number of primary amides is 1. The fourth-order valence-electron chi connectivity index (χ4n) is 4.14. The Kier molecular flexibility index (Phi) is 6.58. The van der Waals surface area contributed by atoms with Gasteiger partial charge < -0.3 is 16.4 Å². The van der Waals surface area contributed by atoms with Crippen LogP contribution >= 0.6 is 23.2 Å². The van der Waals surface area contributed by atoms with Crippen LogP contribution in [0, 0.1) is 17.2 Å². The maximum absolute atomic E-state index is 11.7. The normalized spacial score (nSPS) is 18.3. The van der Waals surface area contributed by atoms with Crippen molar-refractivity contribution in [3.05, 3.63) is 33.9 Å². The lowest BCUT2D eigenvalue weighted by atomic mass is 9.85. The van der Waals surface area contributed by atoms with Crippen LogP contribution in [0.15, 0.2) is 18.3 Å². The molecule has 1 fully saturated rings. The number of imidazole rings is 1. The predicted octanol–water partition coefficient (Wildman–Crippen LogP) is 4.79. The average molecular weight is 487 g/mol. The van der Waals surface area contributed by atoms with E-state index in [1.165, 1.54) is 0 Å². The molecule has 33 heavy (non-hydrogen) atoms. The van der Waals surface area contributed by atoms with Crippen molar-refractivity contribution in [1.29, 1.82) is 5.26 Å². The van der Waals surface area contributed by atoms with E-state index in [0.29, 0.717) is 57.2 Å². The van der Waals surface area contributed by atoms with Crippen molar-refractivity contribution < 1.29 is 4.79 Å². The number of benzene rings is 1. The van der Waals surface area contributed by atoms with Gasteiger partial charge in [-0.2, -0.15) is 10.2 Å². The third-order valence-electron chi connectivity index (χ3n) is 5.72. The van der Waals surface area contributed by atoms with Crippen molar-refractivity contribution in [2.45, 2.75) is 51.6 Å².